The Morgan fingerprint density at radius 1 is 0.975 bits per heavy atom. The number of carbonyl (C=O) groups is 2. The van der Waals surface area contributed by atoms with Gasteiger partial charge in [-0.25, -0.2) is 4.79 Å². The van der Waals surface area contributed by atoms with Crippen molar-refractivity contribution in [2.75, 3.05) is 0 Å². The number of ether oxygens (including phenoxy) is 1. The summed E-state index contributed by atoms with van der Waals surface area (Å²) in [5.74, 6) is -0.921. The smallest absolute Gasteiger partial charge is 0.331 e. The number of oxime groups is 1. The second-order valence-corrected chi connectivity index (χ2v) is 10.3. The number of rotatable bonds is 15. The first-order valence-corrected chi connectivity index (χ1v) is 14.3. The summed E-state index contributed by atoms with van der Waals surface area (Å²) in [4.78, 5) is 39.9. The van der Waals surface area contributed by atoms with Crippen LogP contribution in [0.3, 0.4) is 0 Å². The van der Waals surface area contributed by atoms with Gasteiger partial charge in [0.15, 0.2) is 0 Å². The van der Waals surface area contributed by atoms with Crippen LogP contribution in [0.25, 0.3) is 21.8 Å². The minimum Gasteiger partial charge on any atom is -0.462 e. The molecule has 216 valence electrons. The van der Waals surface area contributed by atoms with E-state index in [-0.39, 0.29) is 18.1 Å². The molecule has 0 fully saturated rings. The number of fused-ring (bicyclic) bond motifs is 3. The molecule has 0 aliphatic carbocycles. The van der Waals surface area contributed by atoms with Gasteiger partial charge in [0, 0.05) is 66.3 Å². The van der Waals surface area contributed by atoms with Crippen LogP contribution in [0.2, 0.25) is 0 Å². The molecule has 1 atom stereocenters. The summed E-state index contributed by atoms with van der Waals surface area (Å²) in [5.41, 5.74) is 3.97. The Balaban J connectivity index is 2.00. The average Bonchev–Trinajstić information content (AvgIpc) is 3.23. The summed E-state index contributed by atoms with van der Waals surface area (Å²) < 4.78 is 7.80. The number of hydrogen-bond donors (Lipinski definition) is 0. The summed E-state index contributed by atoms with van der Waals surface area (Å²) in [6.07, 6.45) is 8.54. The second kappa shape index (κ2) is 14.6. The molecule has 1 aromatic heterocycles. The third-order valence-corrected chi connectivity index (χ3v) is 7.28. The molecule has 1 unspecified atom stereocenters. The molecule has 2 aromatic carbocycles. The number of benzene rings is 2. The van der Waals surface area contributed by atoms with Gasteiger partial charge in [-0.2, -0.15) is 0 Å². The highest BCUT2D eigenvalue weighted by molar-refractivity contribution is 6.14. The lowest BCUT2D eigenvalue weighted by atomic mass is 9.94. The van der Waals surface area contributed by atoms with Crippen LogP contribution in [-0.4, -0.2) is 33.2 Å². The number of non-ortho nitro benzene ring substituents is 1. The summed E-state index contributed by atoms with van der Waals surface area (Å²) in [6, 6.07) is 8.80. The molecular formula is C31H41N3O6. The maximum Gasteiger partial charge on any atom is 0.331 e. The van der Waals surface area contributed by atoms with Crippen molar-refractivity contribution in [2.45, 2.75) is 105 Å². The minimum absolute atomic E-state index is 0.0193. The van der Waals surface area contributed by atoms with Gasteiger partial charge >= 0.3 is 11.9 Å². The molecular weight excluding hydrogens is 510 g/mol. The van der Waals surface area contributed by atoms with Gasteiger partial charge < -0.3 is 14.1 Å². The molecule has 9 heteroatoms. The topological polar surface area (TPSA) is 113 Å². The van der Waals surface area contributed by atoms with E-state index in [0.717, 1.165) is 52.2 Å². The van der Waals surface area contributed by atoms with Crippen LogP contribution in [0.15, 0.2) is 35.5 Å². The standard InChI is InChI=1S/C31H41N3O6/c1-6-8-9-10-11-12-13-14-25(39-22(4)35)20-28(32-40-23(5)36)26-16-18-30-31(21(26)3)27-19-24(34(37)38)15-17-29(27)33(30)7-2/h15-19,25H,6-14,20H2,1-5H3/b32-28+. The number of nitro groups is 1. The van der Waals surface area contributed by atoms with Crippen molar-refractivity contribution < 1.29 is 24.1 Å². The first-order chi connectivity index (χ1) is 19.2. The Bertz CT molecular complexity index is 1390. The zero-order chi connectivity index (χ0) is 29.2. The van der Waals surface area contributed by atoms with Gasteiger partial charge in [-0.1, -0.05) is 56.7 Å². The van der Waals surface area contributed by atoms with Crippen molar-refractivity contribution in [3.8, 4) is 0 Å². The predicted octanol–water partition coefficient (Wildman–Crippen LogP) is 7.76. The Morgan fingerprint density at radius 3 is 2.27 bits per heavy atom. The average molecular weight is 552 g/mol. The third-order valence-electron chi connectivity index (χ3n) is 7.28. The van der Waals surface area contributed by atoms with Crippen LogP contribution in [0.4, 0.5) is 5.69 Å². The van der Waals surface area contributed by atoms with E-state index in [4.69, 9.17) is 9.57 Å². The lowest BCUT2D eigenvalue weighted by Crippen LogP contribution is -2.22. The molecule has 0 amide bonds. The largest absolute Gasteiger partial charge is 0.462 e. The van der Waals surface area contributed by atoms with Crippen molar-refractivity contribution in [2.24, 2.45) is 5.16 Å². The van der Waals surface area contributed by atoms with Crippen LogP contribution in [-0.2, 0) is 25.7 Å². The van der Waals surface area contributed by atoms with Gasteiger partial charge in [0.05, 0.1) is 10.6 Å². The van der Waals surface area contributed by atoms with Gasteiger partial charge in [0.25, 0.3) is 5.69 Å². The Labute approximate surface area is 235 Å². The number of esters is 1. The quantitative estimate of drug-likeness (QED) is 0.0476. The van der Waals surface area contributed by atoms with Gasteiger partial charge in [-0.15, -0.1) is 0 Å². The highest BCUT2D eigenvalue weighted by Gasteiger charge is 2.22. The van der Waals surface area contributed by atoms with Gasteiger partial charge in [0.2, 0.25) is 0 Å². The van der Waals surface area contributed by atoms with Crippen LogP contribution >= 0.6 is 0 Å². The minimum atomic E-state index is -0.550. The fourth-order valence-electron chi connectivity index (χ4n) is 5.42. The van der Waals surface area contributed by atoms with Gasteiger partial charge in [0.1, 0.15) is 6.10 Å². The fraction of sp³-hybridized carbons (Fsp3) is 0.516. The summed E-state index contributed by atoms with van der Waals surface area (Å²) in [5, 5.41) is 17.4. The van der Waals surface area contributed by atoms with E-state index in [2.05, 4.69) is 16.6 Å². The number of nitro benzene ring substituents is 1. The molecule has 9 nitrogen and oxygen atoms in total. The zero-order valence-electron chi connectivity index (χ0n) is 24.3. The maximum atomic E-state index is 12.0. The molecule has 0 N–H and O–H groups in total. The van der Waals surface area contributed by atoms with Crippen molar-refractivity contribution in [1.29, 1.82) is 0 Å². The molecule has 0 aliphatic heterocycles. The Hall–Kier alpha value is -3.75. The zero-order valence-corrected chi connectivity index (χ0v) is 24.3. The molecule has 3 aromatic rings. The number of carbonyl (C=O) groups excluding carboxylic acids is 2. The monoisotopic (exact) mass is 551 g/mol. The summed E-state index contributed by atoms with van der Waals surface area (Å²) in [6.45, 7) is 9.54. The third kappa shape index (κ3) is 7.67. The van der Waals surface area contributed by atoms with E-state index in [1.807, 2.05) is 26.0 Å². The Kier molecular flexibility index (Phi) is 11.2. The molecule has 40 heavy (non-hydrogen) atoms. The van der Waals surface area contributed by atoms with Gasteiger partial charge in [-0.05, 0) is 44.4 Å². The second-order valence-electron chi connectivity index (χ2n) is 10.3. The summed E-state index contributed by atoms with van der Waals surface area (Å²) >= 11 is 0. The van der Waals surface area contributed by atoms with Crippen molar-refractivity contribution in [3.63, 3.8) is 0 Å². The number of nitrogens with zero attached hydrogens (tertiary/aromatic N) is 3. The fourth-order valence-corrected chi connectivity index (χ4v) is 5.42. The van der Waals surface area contributed by atoms with E-state index in [1.165, 1.54) is 45.6 Å². The van der Waals surface area contributed by atoms with Crippen LogP contribution in [0.5, 0.6) is 0 Å². The highest BCUT2D eigenvalue weighted by atomic mass is 16.7. The molecule has 0 radical (unpaired) electrons. The first kappa shape index (κ1) is 30.8. The van der Waals surface area contributed by atoms with Crippen LogP contribution in [0, 0.1) is 17.0 Å². The number of aryl methyl sites for hydroxylation is 2. The molecule has 1 heterocycles. The number of unbranched alkanes of at least 4 members (excludes halogenated alkanes) is 6. The van der Waals surface area contributed by atoms with Crippen molar-refractivity contribution in [1.82, 2.24) is 4.57 Å². The van der Waals surface area contributed by atoms with Gasteiger partial charge in [-0.3, -0.25) is 14.9 Å². The SMILES string of the molecule is CCCCCCCCCC(C/C(=N\OC(C)=O)c1ccc2c(c1C)c1cc([N+](=O)[O-])ccc1n2CC)OC(C)=O. The van der Waals surface area contributed by atoms with E-state index in [0.29, 0.717) is 18.7 Å². The van der Waals surface area contributed by atoms with Crippen molar-refractivity contribution >= 4 is 45.1 Å². The molecule has 0 saturated heterocycles. The van der Waals surface area contributed by atoms with E-state index >= 15 is 0 Å². The van der Waals surface area contributed by atoms with Crippen LogP contribution < -0.4 is 0 Å². The highest BCUT2D eigenvalue weighted by Crippen LogP contribution is 2.36. The van der Waals surface area contributed by atoms with E-state index in [1.54, 1.807) is 12.1 Å². The maximum absolute atomic E-state index is 12.0. The lowest BCUT2D eigenvalue weighted by molar-refractivity contribution is -0.384. The normalized spacial score (nSPS) is 12.6. The number of aromatic nitrogens is 1. The Morgan fingerprint density at radius 2 is 1.65 bits per heavy atom. The molecule has 0 aliphatic rings. The molecule has 3 rings (SSSR count). The predicted molar refractivity (Wildman–Crippen MR) is 158 cm³/mol. The first-order valence-electron chi connectivity index (χ1n) is 14.3. The molecule has 0 bridgehead atoms. The van der Waals surface area contributed by atoms with Crippen molar-refractivity contribution in [3.05, 3.63) is 51.6 Å². The van der Waals surface area contributed by atoms with Crippen LogP contribution in [0.1, 0.15) is 96.6 Å². The summed E-state index contributed by atoms with van der Waals surface area (Å²) in [7, 11) is 0. The number of hydrogen-bond acceptors (Lipinski definition) is 7. The lowest BCUT2D eigenvalue weighted by Gasteiger charge is -2.19. The van der Waals surface area contributed by atoms with E-state index < -0.39 is 17.0 Å². The van der Waals surface area contributed by atoms with E-state index in [9.17, 15) is 19.7 Å². The molecule has 0 spiro atoms. The molecule has 0 saturated carbocycles.